The number of carbonyl (C=O) groups excluding carboxylic acids is 1. The fraction of sp³-hybridized carbons (Fsp3) is 0.421. The third-order valence-electron chi connectivity index (χ3n) is 4.86. The third kappa shape index (κ3) is 3.85. The van der Waals surface area contributed by atoms with Crippen molar-refractivity contribution in [1.82, 2.24) is 5.32 Å². The first-order valence-electron chi connectivity index (χ1n) is 8.06. The average molecular weight is 335 g/mol. The Kier molecular flexibility index (Phi) is 7.04. The summed E-state index contributed by atoms with van der Waals surface area (Å²) in [4.78, 5) is 12.7. The molecule has 2 rings (SSSR count). The molecular formula is C19H27ClN2O. The number of halogens is 1. The van der Waals surface area contributed by atoms with Gasteiger partial charge in [-0.15, -0.1) is 12.4 Å². The third-order valence-corrected chi connectivity index (χ3v) is 4.86. The Balaban J connectivity index is 0.00000264. The van der Waals surface area contributed by atoms with Gasteiger partial charge in [-0.1, -0.05) is 56.3 Å². The normalized spacial score (nSPS) is 12.5. The van der Waals surface area contributed by atoms with Crippen LogP contribution in [0.2, 0.25) is 0 Å². The molecule has 0 aromatic heterocycles. The van der Waals surface area contributed by atoms with E-state index in [9.17, 15) is 4.79 Å². The minimum Gasteiger partial charge on any atom is -0.349 e. The van der Waals surface area contributed by atoms with Gasteiger partial charge in [-0.25, -0.2) is 0 Å². The predicted octanol–water partition coefficient (Wildman–Crippen LogP) is 4.20. The summed E-state index contributed by atoms with van der Waals surface area (Å²) < 4.78 is 0. The van der Waals surface area contributed by atoms with Crippen LogP contribution in [0.25, 0.3) is 10.8 Å². The summed E-state index contributed by atoms with van der Waals surface area (Å²) in [5.74, 6) is 0.0560. The van der Waals surface area contributed by atoms with Gasteiger partial charge in [-0.2, -0.15) is 0 Å². The van der Waals surface area contributed by atoms with Crippen LogP contribution in [-0.2, 0) is 4.79 Å². The zero-order chi connectivity index (χ0) is 16.2. The minimum atomic E-state index is -0.459. The van der Waals surface area contributed by atoms with E-state index in [1.54, 1.807) is 0 Å². The molecule has 126 valence electrons. The number of fused-ring (bicyclic) bond motifs is 1. The van der Waals surface area contributed by atoms with E-state index in [1.165, 1.54) is 10.8 Å². The zero-order valence-corrected chi connectivity index (χ0v) is 15.0. The van der Waals surface area contributed by atoms with Gasteiger partial charge in [0.15, 0.2) is 0 Å². The zero-order valence-electron chi connectivity index (χ0n) is 14.1. The Hall–Kier alpha value is -1.58. The highest BCUT2D eigenvalue weighted by atomic mass is 35.5. The molecule has 0 saturated carbocycles. The molecule has 0 aliphatic heterocycles. The van der Waals surface area contributed by atoms with Crippen molar-refractivity contribution in [3.8, 4) is 0 Å². The van der Waals surface area contributed by atoms with Gasteiger partial charge in [-0.3, -0.25) is 4.79 Å². The average Bonchev–Trinajstić information content (AvgIpc) is 2.56. The molecule has 1 unspecified atom stereocenters. The van der Waals surface area contributed by atoms with Gasteiger partial charge in [0.05, 0.1) is 11.5 Å². The first-order chi connectivity index (χ1) is 10.6. The molecule has 3 N–H and O–H groups in total. The Morgan fingerprint density at radius 1 is 1.13 bits per heavy atom. The molecule has 0 bridgehead atoms. The lowest BCUT2D eigenvalue weighted by molar-refractivity contribution is -0.131. The van der Waals surface area contributed by atoms with Crippen molar-refractivity contribution in [2.45, 2.75) is 39.7 Å². The second kappa shape index (κ2) is 8.32. The molecule has 1 atom stereocenters. The van der Waals surface area contributed by atoms with Crippen molar-refractivity contribution in [2.24, 2.45) is 11.1 Å². The number of hydrogen-bond donors (Lipinski definition) is 2. The maximum atomic E-state index is 12.7. The summed E-state index contributed by atoms with van der Waals surface area (Å²) in [5.41, 5.74) is 6.56. The number of nitrogens with two attached hydrogens (primary N) is 1. The van der Waals surface area contributed by atoms with Gasteiger partial charge >= 0.3 is 0 Å². The molecule has 0 radical (unpaired) electrons. The van der Waals surface area contributed by atoms with Gasteiger partial charge in [0.2, 0.25) is 5.91 Å². The van der Waals surface area contributed by atoms with Crippen molar-refractivity contribution in [1.29, 1.82) is 0 Å². The predicted molar refractivity (Wildman–Crippen MR) is 99.8 cm³/mol. The van der Waals surface area contributed by atoms with Gasteiger partial charge in [0.25, 0.3) is 0 Å². The van der Waals surface area contributed by atoms with Crippen LogP contribution in [-0.4, -0.2) is 12.5 Å². The van der Waals surface area contributed by atoms with Crippen molar-refractivity contribution in [3.63, 3.8) is 0 Å². The lowest BCUT2D eigenvalue weighted by Crippen LogP contribution is -2.46. The molecule has 0 spiro atoms. The van der Waals surface area contributed by atoms with Crippen LogP contribution < -0.4 is 11.1 Å². The Morgan fingerprint density at radius 2 is 1.74 bits per heavy atom. The van der Waals surface area contributed by atoms with E-state index in [0.717, 1.165) is 18.4 Å². The summed E-state index contributed by atoms with van der Waals surface area (Å²) in [6.45, 7) is 6.47. The number of benzene rings is 2. The maximum Gasteiger partial charge on any atom is 0.227 e. The van der Waals surface area contributed by atoms with E-state index >= 15 is 0 Å². The molecule has 2 aromatic carbocycles. The van der Waals surface area contributed by atoms with Crippen LogP contribution in [0.1, 0.15) is 45.2 Å². The van der Waals surface area contributed by atoms with E-state index in [4.69, 9.17) is 5.73 Å². The lowest BCUT2D eigenvalue weighted by Gasteiger charge is -2.30. The molecule has 0 saturated heterocycles. The van der Waals surface area contributed by atoms with Crippen LogP contribution in [0.5, 0.6) is 0 Å². The quantitative estimate of drug-likeness (QED) is 0.831. The van der Waals surface area contributed by atoms with Crippen LogP contribution in [0.15, 0.2) is 42.5 Å². The molecule has 0 aliphatic rings. The number of amides is 1. The minimum absolute atomic E-state index is 0. The van der Waals surface area contributed by atoms with Crippen molar-refractivity contribution >= 4 is 29.1 Å². The van der Waals surface area contributed by atoms with E-state index in [-0.39, 0.29) is 24.4 Å². The van der Waals surface area contributed by atoms with Crippen LogP contribution in [0.4, 0.5) is 0 Å². The monoisotopic (exact) mass is 334 g/mol. The fourth-order valence-electron chi connectivity index (χ4n) is 3.01. The van der Waals surface area contributed by atoms with Gasteiger partial charge in [0.1, 0.15) is 0 Å². The SMILES string of the molecule is CCC(CC)(CN)C(=O)NC(C)c1cccc2ccccc12.Cl. The maximum absolute atomic E-state index is 12.7. The summed E-state index contributed by atoms with van der Waals surface area (Å²) in [6.07, 6.45) is 1.52. The molecule has 4 heteroatoms. The first-order valence-corrected chi connectivity index (χ1v) is 8.06. The standard InChI is InChI=1S/C19H26N2O.ClH/c1-4-19(5-2,13-20)18(22)21-14(3)16-12-8-10-15-9-6-7-11-17(15)16;/h6-12,14H,4-5,13,20H2,1-3H3,(H,21,22);1H. The highest BCUT2D eigenvalue weighted by Crippen LogP contribution is 2.28. The summed E-state index contributed by atoms with van der Waals surface area (Å²) in [6, 6.07) is 14.4. The van der Waals surface area contributed by atoms with Crippen LogP contribution >= 0.6 is 12.4 Å². The molecule has 1 amide bonds. The van der Waals surface area contributed by atoms with Crippen LogP contribution in [0, 0.1) is 5.41 Å². The number of nitrogens with one attached hydrogen (secondary N) is 1. The van der Waals surface area contributed by atoms with E-state index in [2.05, 4.69) is 29.6 Å². The van der Waals surface area contributed by atoms with Crippen molar-refractivity contribution in [2.75, 3.05) is 6.54 Å². The Labute approximate surface area is 145 Å². The summed E-state index contributed by atoms with van der Waals surface area (Å²) in [5, 5.41) is 5.54. The van der Waals surface area contributed by atoms with Crippen LogP contribution in [0.3, 0.4) is 0 Å². The summed E-state index contributed by atoms with van der Waals surface area (Å²) in [7, 11) is 0. The molecule has 3 nitrogen and oxygen atoms in total. The Morgan fingerprint density at radius 3 is 2.35 bits per heavy atom. The second-order valence-corrected chi connectivity index (χ2v) is 5.96. The molecule has 2 aromatic rings. The van der Waals surface area contributed by atoms with Gasteiger partial charge in [-0.05, 0) is 36.1 Å². The van der Waals surface area contributed by atoms with E-state index in [1.807, 2.05) is 39.0 Å². The molecular weight excluding hydrogens is 308 g/mol. The smallest absolute Gasteiger partial charge is 0.227 e. The van der Waals surface area contributed by atoms with Crippen molar-refractivity contribution in [3.05, 3.63) is 48.0 Å². The number of rotatable bonds is 6. The highest BCUT2D eigenvalue weighted by molar-refractivity contribution is 5.88. The number of carbonyl (C=O) groups is 1. The Bertz CT molecular complexity index is 639. The second-order valence-electron chi connectivity index (χ2n) is 5.96. The first kappa shape index (κ1) is 19.5. The van der Waals surface area contributed by atoms with Gasteiger partial charge < -0.3 is 11.1 Å². The van der Waals surface area contributed by atoms with Crippen molar-refractivity contribution < 1.29 is 4.79 Å². The molecule has 23 heavy (non-hydrogen) atoms. The molecule has 0 heterocycles. The lowest BCUT2D eigenvalue weighted by atomic mass is 9.81. The molecule has 0 aliphatic carbocycles. The fourth-order valence-corrected chi connectivity index (χ4v) is 3.01. The van der Waals surface area contributed by atoms with E-state index < -0.39 is 5.41 Å². The van der Waals surface area contributed by atoms with E-state index in [0.29, 0.717) is 6.54 Å². The summed E-state index contributed by atoms with van der Waals surface area (Å²) >= 11 is 0. The highest BCUT2D eigenvalue weighted by Gasteiger charge is 2.34. The topological polar surface area (TPSA) is 55.1 Å². The molecule has 0 fully saturated rings. The van der Waals surface area contributed by atoms with Gasteiger partial charge in [0, 0.05) is 6.54 Å². The number of hydrogen-bond acceptors (Lipinski definition) is 2. The largest absolute Gasteiger partial charge is 0.349 e.